The van der Waals surface area contributed by atoms with Crippen molar-refractivity contribution in [3.05, 3.63) is 34.9 Å². The van der Waals surface area contributed by atoms with E-state index in [1.165, 1.54) is 0 Å². The molecule has 0 bridgehead atoms. The average molecular weight is 225 g/mol. The smallest absolute Gasteiger partial charge is 0.325 e. The van der Waals surface area contributed by atoms with Gasteiger partial charge in [-0.05, 0) is 17.7 Å². The Balaban J connectivity index is 0.00000144. The maximum absolute atomic E-state index is 10.4. The van der Waals surface area contributed by atoms with E-state index in [9.17, 15) is 4.79 Å². The Morgan fingerprint density at radius 3 is 2.23 bits per heavy atom. The molecular weight excluding hydrogens is 217 g/mol. The predicted molar refractivity (Wildman–Crippen MR) is 51.8 cm³/mol. The number of halogens is 1. The van der Waals surface area contributed by atoms with Crippen molar-refractivity contribution in [3.63, 3.8) is 0 Å². The fourth-order valence-electron chi connectivity index (χ4n) is 0.813. The Bertz CT molecular complexity index is 289. The van der Waals surface area contributed by atoms with Gasteiger partial charge < -0.3 is 10.8 Å². The summed E-state index contributed by atoms with van der Waals surface area (Å²) in [4.78, 5) is 10.4. The molecule has 3 nitrogen and oxygen atoms in total. The molecular formula is C8H8ClKNO2. The number of carboxylic acids is 1. The number of carboxylic acid groups (broad SMARTS) is 1. The van der Waals surface area contributed by atoms with Gasteiger partial charge in [-0.2, -0.15) is 0 Å². The van der Waals surface area contributed by atoms with Gasteiger partial charge >= 0.3 is 5.97 Å². The molecule has 65 valence electrons. The van der Waals surface area contributed by atoms with Crippen LogP contribution in [-0.4, -0.2) is 62.5 Å². The number of hydrogen-bond donors (Lipinski definition) is 2. The summed E-state index contributed by atoms with van der Waals surface area (Å²) in [5.41, 5.74) is 5.89. The number of rotatable bonds is 2. The molecule has 0 aliphatic carbocycles. The van der Waals surface area contributed by atoms with Crippen LogP contribution in [0.2, 0.25) is 5.02 Å². The maximum Gasteiger partial charge on any atom is 0.325 e. The van der Waals surface area contributed by atoms with Gasteiger partial charge in [-0.15, -0.1) is 0 Å². The van der Waals surface area contributed by atoms with Gasteiger partial charge in [0.15, 0.2) is 0 Å². The number of nitrogens with two attached hydrogens (primary N) is 1. The quantitative estimate of drug-likeness (QED) is 0.738. The van der Waals surface area contributed by atoms with E-state index in [1.54, 1.807) is 24.3 Å². The van der Waals surface area contributed by atoms with E-state index in [-0.39, 0.29) is 51.4 Å². The van der Waals surface area contributed by atoms with Gasteiger partial charge in [0.1, 0.15) is 6.04 Å². The summed E-state index contributed by atoms with van der Waals surface area (Å²) in [6.07, 6.45) is 0. The van der Waals surface area contributed by atoms with Gasteiger partial charge in [-0.1, -0.05) is 23.7 Å². The molecule has 1 rings (SSSR count). The molecule has 13 heavy (non-hydrogen) atoms. The minimum Gasteiger partial charge on any atom is -0.480 e. The largest absolute Gasteiger partial charge is 0.480 e. The van der Waals surface area contributed by atoms with Gasteiger partial charge in [-0.25, -0.2) is 0 Å². The fourth-order valence-corrected chi connectivity index (χ4v) is 0.939. The van der Waals surface area contributed by atoms with Gasteiger partial charge in [0.05, 0.1) is 0 Å². The van der Waals surface area contributed by atoms with E-state index in [0.29, 0.717) is 10.6 Å². The first-order chi connectivity index (χ1) is 5.61. The summed E-state index contributed by atoms with van der Waals surface area (Å²) in [7, 11) is 0. The molecule has 1 radical (unpaired) electrons. The average Bonchev–Trinajstić information content (AvgIpc) is 2.04. The zero-order chi connectivity index (χ0) is 9.14. The van der Waals surface area contributed by atoms with Gasteiger partial charge in [-0.3, -0.25) is 4.79 Å². The van der Waals surface area contributed by atoms with E-state index in [4.69, 9.17) is 22.4 Å². The van der Waals surface area contributed by atoms with Gasteiger partial charge in [0, 0.05) is 56.4 Å². The number of benzene rings is 1. The molecule has 0 amide bonds. The summed E-state index contributed by atoms with van der Waals surface area (Å²) in [5.74, 6) is -1.04. The number of carbonyl (C=O) groups is 1. The second kappa shape index (κ2) is 6.13. The van der Waals surface area contributed by atoms with Crippen LogP contribution in [0.4, 0.5) is 0 Å². The summed E-state index contributed by atoms with van der Waals surface area (Å²) >= 11 is 5.61. The molecule has 0 spiro atoms. The molecule has 0 saturated carbocycles. The molecule has 0 aromatic heterocycles. The first-order valence-electron chi connectivity index (χ1n) is 3.35. The molecule has 0 heterocycles. The third-order valence-corrected chi connectivity index (χ3v) is 1.75. The van der Waals surface area contributed by atoms with Crippen molar-refractivity contribution in [3.8, 4) is 0 Å². The first kappa shape index (κ1) is 13.6. The third-order valence-electron chi connectivity index (χ3n) is 1.50. The molecule has 0 fully saturated rings. The van der Waals surface area contributed by atoms with Crippen molar-refractivity contribution in [1.82, 2.24) is 0 Å². The number of hydrogen-bond acceptors (Lipinski definition) is 2. The van der Waals surface area contributed by atoms with E-state index in [1.807, 2.05) is 0 Å². The van der Waals surface area contributed by atoms with Crippen LogP contribution >= 0.6 is 11.6 Å². The monoisotopic (exact) mass is 224 g/mol. The van der Waals surface area contributed by atoms with Gasteiger partial charge in [0.2, 0.25) is 0 Å². The van der Waals surface area contributed by atoms with Crippen molar-refractivity contribution in [2.75, 3.05) is 0 Å². The van der Waals surface area contributed by atoms with Crippen molar-refractivity contribution >= 4 is 69.0 Å². The zero-order valence-electron chi connectivity index (χ0n) is 7.20. The van der Waals surface area contributed by atoms with Crippen molar-refractivity contribution in [2.24, 2.45) is 5.73 Å². The molecule has 3 N–H and O–H groups in total. The van der Waals surface area contributed by atoms with E-state index < -0.39 is 12.0 Å². The summed E-state index contributed by atoms with van der Waals surface area (Å²) in [5, 5.41) is 9.11. The van der Waals surface area contributed by atoms with Crippen LogP contribution in [0.3, 0.4) is 0 Å². The topological polar surface area (TPSA) is 63.3 Å². The maximum atomic E-state index is 10.4. The standard InChI is InChI=1S/C8H8ClNO2.K/c9-6-3-1-5(2-4-6)7(10)8(11)12;/h1-4,7H,10H2,(H,11,12);. The molecule has 1 aromatic carbocycles. The van der Waals surface area contributed by atoms with Crippen molar-refractivity contribution < 1.29 is 9.90 Å². The molecule has 1 atom stereocenters. The van der Waals surface area contributed by atoms with Crippen molar-refractivity contribution in [1.29, 1.82) is 0 Å². The molecule has 5 heteroatoms. The number of aliphatic carboxylic acids is 1. The van der Waals surface area contributed by atoms with Crippen molar-refractivity contribution in [2.45, 2.75) is 6.04 Å². The summed E-state index contributed by atoms with van der Waals surface area (Å²) in [6.45, 7) is 0. The summed E-state index contributed by atoms with van der Waals surface area (Å²) in [6, 6.07) is 5.45. The molecule has 1 unspecified atom stereocenters. The Morgan fingerprint density at radius 1 is 1.38 bits per heavy atom. The van der Waals surface area contributed by atoms with Crippen LogP contribution in [0.5, 0.6) is 0 Å². The van der Waals surface area contributed by atoms with Crippen LogP contribution in [0.25, 0.3) is 0 Å². The SMILES string of the molecule is NC(C(=O)O)c1ccc(Cl)cc1.[K]. The minimum absolute atomic E-state index is 0. The normalized spacial score (nSPS) is 11.5. The molecule has 0 aliphatic heterocycles. The molecule has 0 saturated heterocycles. The van der Waals surface area contributed by atoms with E-state index in [2.05, 4.69) is 0 Å². The Kier molecular flexibility index (Phi) is 6.41. The predicted octanol–water partition coefficient (Wildman–Crippen LogP) is 1.04. The Labute approximate surface area is 124 Å². The van der Waals surface area contributed by atoms with Crippen LogP contribution < -0.4 is 5.73 Å². The second-order valence-corrected chi connectivity index (χ2v) is 2.80. The third kappa shape index (κ3) is 4.08. The Morgan fingerprint density at radius 2 is 1.85 bits per heavy atom. The summed E-state index contributed by atoms with van der Waals surface area (Å²) < 4.78 is 0. The zero-order valence-corrected chi connectivity index (χ0v) is 11.1. The fraction of sp³-hybridized carbons (Fsp3) is 0.125. The first-order valence-corrected chi connectivity index (χ1v) is 3.73. The van der Waals surface area contributed by atoms with Crippen LogP contribution in [0.15, 0.2) is 24.3 Å². The second-order valence-electron chi connectivity index (χ2n) is 2.37. The van der Waals surface area contributed by atoms with Gasteiger partial charge in [0.25, 0.3) is 0 Å². The Hall–Kier alpha value is 0.576. The minimum atomic E-state index is -1.04. The van der Waals surface area contributed by atoms with E-state index in [0.717, 1.165) is 0 Å². The molecule has 0 aliphatic rings. The van der Waals surface area contributed by atoms with E-state index >= 15 is 0 Å². The van der Waals surface area contributed by atoms with Crippen LogP contribution in [-0.2, 0) is 4.79 Å². The van der Waals surface area contributed by atoms with Crippen LogP contribution in [0.1, 0.15) is 11.6 Å². The van der Waals surface area contributed by atoms with Crippen LogP contribution in [0, 0.1) is 0 Å². The molecule has 1 aromatic rings.